The van der Waals surface area contributed by atoms with Crippen LogP contribution in [0, 0.1) is 0 Å². The van der Waals surface area contributed by atoms with Gasteiger partial charge in [0.25, 0.3) is 5.91 Å². The van der Waals surface area contributed by atoms with E-state index in [1.54, 1.807) is 0 Å². The van der Waals surface area contributed by atoms with E-state index in [-0.39, 0.29) is 29.0 Å². The van der Waals surface area contributed by atoms with Crippen molar-refractivity contribution in [2.75, 3.05) is 7.11 Å². The summed E-state index contributed by atoms with van der Waals surface area (Å²) in [6.07, 6.45) is 3.65. The predicted molar refractivity (Wildman–Crippen MR) is 64.6 cm³/mol. The molecule has 1 amide bonds. The summed E-state index contributed by atoms with van der Waals surface area (Å²) in [5, 5.41) is 2.80. The van der Waals surface area contributed by atoms with Crippen LogP contribution in [0.5, 0.6) is 5.75 Å². The summed E-state index contributed by atoms with van der Waals surface area (Å²) >= 11 is 0. The van der Waals surface area contributed by atoms with Gasteiger partial charge in [-0.05, 0) is 19.3 Å². The van der Waals surface area contributed by atoms with E-state index in [4.69, 9.17) is 14.9 Å². The van der Waals surface area contributed by atoms with Gasteiger partial charge in [0.05, 0.1) is 7.11 Å². The lowest BCUT2D eigenvalue weighted by molar-refractivity contribution is 0.0906. The van der Waals surface area contributed by atoms with Crippen LogP contribution in [0.15, 0.2) is 21.5 Å². The van der Waals surface area contributed by atoms with E-state index in [9.17, 15) is 9.59 Å². The summed E-state index contributed by atoms with van der Waals surface area (Å²) in [6, 6.07) is 1.32. The molecule has 0 aliphatic heterocycles. The van der Waals surface area contributed by atoms with E-state index in [0.717, 1.165) is 31.6 Å². The SMILES string of the molecule is COc1coc(C(=O)N[C@@H]2CC[C@@H](N)C2)cc1=O. The summed E-state index contributed by atoms with van der Waals surface area (Å²) in [4.78, 5) is 23.3. The van der Waals surface area contributed by atoms with Crippen molar-refractivity contribution in [2.45, 2.75) is 31.3 Å². The number of ether oxygens (including phenoxy) is 1. The van der Waals surface area contributed by atoms with Crippen LogP contribution in [-0.2, 0) is 0 Å². The molecule has 0 unspecified atom stereocenters. The quantitative estimate of drug-likeness (QED) is 0.804. The molecule has 1 aromatic rings. The Hall–Kier alpha value is -1.82. The zero-order valence-corrected chi connectivity index (χ0v) is 10.1. The zero-order valence-electron chi connectivity index (χ0n) is 10.1. The molecule has 0 saturated heterocycles. The highest BCUT2D eigenvalue weighted by Gasteiger charge is 2.24. The van der Waals surface area contributed by atoms with Gasteiger partial charge in [-0.2, -0.15) is 0 Å². The number of nitrogens with two attached hydrogens (primary N) is 1. The third-order valence-corrected chi connectivity index (χ3v) is 3.05. The molecule has 6 heteroatoms. The minimum absolute atomic E-state index is 0.0127. The van der Waals surface area contributed by atoms with Crippen LogP contribution in [0.4, 0.5) is 0 Å². The van der Waals surface area contributed by atoms with E-state index in [1.807, 2.05) is 0 Å². The molecule has 98 valence electrons. The van der Waals surface area contributed by atoms with Crippen LogP contribution < -0.4 is 21.2 Å². The first kappa shape index (κ1) is 12.6. The molecule has 1 aliphatic rings. The predicted octanol–water partition coefficient (Wildman–Crippen LogP) is 0.258. The van der Waals surface area contributed by atoms with Gasteiger partial charge < -0.3 is 20.2 Å². The Morgan fingerprint density at radius 1 is 1.56 bits per heavy atom. The molecule has 0 bridgehead atoms. The highest BCUT2D eigenvalue weighted by atomic mass is 16.5. The minimum atomic E-state index is -0.395. The molecular weight excluding hydrogens is 236 g/mol. The fourth-order valence-electron chi connectivity index (χ4n) is 2.07. The first-order valence-electron chi connectivity index (χ1n) is 5.83. The maximum atomic E-state index is 11.8. The van der Waals surface area contributed by atoms with E-state index in [0.29, 0.717) is 0 Å². The second-order valence-corrected chi connectivity index (χ2v) is 4.42. The zero-order chi connectivity index (χ0) is 13.1. The van der Waals surface area contributed by atoms with Crippen molar-refractivity contribution < 1.29 is 13.9 Å². The van der Waals surface area contributed by atoms with Gasteiger partial charge in [-0.25, -0.2) is 0 Å². The van der Waals surface area contributed by atoms with Gasteiger partial charge in [-0.15, -0.1) is 0 Å². The van der Waals surface area contributed by atoms with E-state index in [1.165, 1.54) is 7.11 Å². The summed E-state index contributed by atoms with van der Waals surface area (Å²) in [5.74, 6) is -0.329. The highest BCUT2D eigenvalue weighted by Crippen LogP contribution is 2.17. The average molecular weight is 252 g/mol. The molecule has 1 aliphatic carbocycles. The fourth-order valence-corrected chi connectivity index (χ4v) is 2.07. The van der Waals surface area contributed by atoms with Crippen molar-refractivity contribution in [3.63, 3.8) is 0 Å². The first-order chi connectivity index (χ1) is 8.60. The van der Waals surface area contributed by atoms with E-state index in [2.05, 4.69) is 5.32 Å². The van der Waals surface area contributed by atoms with Gasteiger partial charge in [0.2, 0.25) is 11.2 Å². The van der Waals surface area contributed by atoms with E-state index >= 15 is 0 Å². The number of hydrogen-bond donors (Lipinski definition) is 2. The van der Waals surface area contributed by atoms with Crippen LogP contribution in [0.3, 0.4) is 0 Å². The second-order valence-electron chi connectivity index (χ2n) is 4.42. The van der Waals surface area contributed by atoms with Gasteiger partial charge in [0.15, 0.2) is 5.76 Å². The Kier molecular flexibility index (Phi) is 3.66. The number of carbonyl (C=O) groups excluding carboxylic acids is 1. The standard InChI is InChI=1S/C12H16N2O4/c1-17-11-6-18-10(5-9(11)15)12(16)14-8-3-2-7(13)4-8/h5-8H,2-4,13H2,1H3,(H,14,16)/t7-,8-/m1/s1. The molecule has 1 heterocycles. The minimum Gasteiger partial charge on any atom is -0.490 e. The van der Waals surface area contributed by atoms with Crippen molar-refractivity contribution in [1.82, 2.24) is 5.32 Å². The molecule has 1 fully saturated rings. The van der Waals surface area contributed by atoms with Gasteiger partial charge in [-0.3, -0.25) is 9.59 Å². The topological polar surface area (TPSA) is 94.6 Å². The molecule has 6 nitrogen and oxygen atoms in total. The molecule has 1 aromatic heterocycles. The number of hydrogen-bond acceptors (Lipinski definition) is 5. The van der Waals surface area contributed by atoms with E-state index < -0.39 is 5.91 Å². The summed E-state index contributed by atoms with van der Waals surface area (Å²) in [7, 11) is 1.37. The van der Waals surface area contributed by atoms with Crippen molar-refractivity contribution >= 4 is 5.91 Å². The molecular formula is C12H16N2O4. The second kappa shape index (κ2) is 5.22. The Labute approximate surface area is 104 Å². The summed E-state index contributed by atoms with van der Waals surface area (Å²) in [6.45, 7) is 0. The number of amides is 1. The Morgan fingerprint density at radius 2 is 2.33 bits per heavy atom. The first-order valence-corrected chi connectivity index (χ1v) is 5.83. The molecule has 18 heavy (non-hydrogen) atoms. The number of methoxy groups -OCH3 is 1. The molecule has 0 spiro atoms. The Morgan fingerprint density at radius 3 is 2.89 bits per heavy atom. The lowest BCUT2D eigenvalue weighted by Crippen LogP contribution is -2.34. The number of carbonyl (C=O) groups is 1. The van der Waals surface area contributed by atoms with Gasteiger partial charge in [-0.1, -0.05) is 0 Å². The molecule has 1 saturated carbocycles. The lowest BCUT2D eigenvalue weighted by Gasteiger charge is -2.11. The van der Waals surface area contributed by atoms with Crippen LogP contribution >= 0.6 is 0 Å². The average Bonchev–Trinajstić information content (AvgIpc) is 2.74. The molecule has 0 radical (unpaired) electrons. The van der Waals surface area contributed by atoms with Crippen LogP contribution in [0.2, 0.25) is 0 Å². The van der Waals surface area contributed by atoms with Crippen LogP contribution in [0.25, 0.3) is 0 Å². The molecule has 2 atom stereocenters. The van der Waals surface area contributed by atoms with Crippen LogP contribution in [-0.4, -0.2) is 25.1 Å². The van der Waals surface area contributed by atoms with Crippen LogP contribution in [0.1, 0.15) is 29.8 Å². The van der Waals surface area contributed by atoms with Gasteiger partial charge in [0.1, 0.15) is 6.26 Å². The number of nitrogens with one attached hydrogen (secondary N) is 1. The molecule has 3 N–H and O–H groups in total. The largest absolute Gasteiger partial charge is 0.490 e. The van der Waals surface area contributed by atoms with Crippen molar-refractivity contribution in [2.24, 2.45) is 5.73 Å². The van der Waals surface area contributed by atoms with Crippen molar-refractivity contribution in [1.29, 1.82) is 0 Å². The van der Waals surface area contributed by atoms with Crippen molar-refractivity contribution in [3.8, 4) is 5.75 Å². The lowest BCUT2D eigenvalue weighted by atomic mass is 10.2. The highest BCUT2D eigenvalue weighted by molar-refractivity contribution is 5.91. The Bertz CT molecular complexity index is 497. The third kappa shape index (κ3) is 2.70. The maximum absolute atomic E-state index is 11.8. The Balaban J connectivity index is 2.05. The monoisotopic (exact) mass is 252 g/mol. The third-order valence-electron chi connectivity index (χ3n) is 3.05. The molecule has 0 aromatic carbocycles. The summed E-state index contributed by atoms with van der Waals surface area (Å²) in [5.41, 5.74) is 5.38. The van der Waals surface area contributed by atoms with Gasteiger partial charge >= 0.3 is 0 Å². The normalized spacial score (nSPS) is 22.8. The summed E-state index contributed by atoms with van der Waals surface area (Å²) < 4.78 is 9.83. The number of rotatable bonds is 3. The van der Waals surface area contributed by atoms with Gasteiger partial charge in [0, 0.05) is 18.2 Å². The van der Waals surface area contributed by atoms with Crippen molar-refractivity contribution in [3.05, 3.63) is 28.3 Å². The fraction of sp³-hybridized carbons (Fsp3) is 0.500. The molecule has 2 rings (SSSR count). The maximum Gasteiger partial charge on any atom is 0.287 e. The smallest absolute Gasteiger partial charge is 0.287 e.